The van der Waals surface area contributed by atoms with E-state index in [0.717, 1.165) is 16.8 Å². The number of hydrogen-bond donors (Lipinski definition) is 0. The van der Waals surface area contributed by atoms with Gasteiger partial charge in [-0.05, 0) is 66.7 Å². The van der Waals surface area contributed by atoms with Gasteiger partial charge in [-0.15, -0.1) is 0 Å². The maximum Gasteiger partial charge on any atom is 0.267 e. The van der Waals surface area contributed by atoms with Crippen molar-refractivity contribution < 1.29 is 9.15 Å². The Morgan fingerprint density at radius 3 is 2.66 bits per heavy atom. The van der Waals surface area contributed by atoms with Gasteiger partial charge in [-0.3, -0.25) is 14.2 Å². The highest BCUT2D eigenvalue weighted by atomic mass is 32.2. The standard InChI is InChI=1S/C24H18N4O3S/c1-15-6-5-13-28-21(15)27-22(32-24-26-19-7-3-4-8-20(19)31-24)18(23(28)29)14-25-16-9-11-17(30-2)12-10-16/h3-14H,1-2H3. The van der Waals surface area contributed by atoms with E-state index < -0.39 is 0 Å². The second-order valence-electron chi connectivity index (χ2n) is 7.03. The quantitative estimate of drug-likeness (QED) is 0.280. The van der Waals surface area contributed by atoms with Crippen LogP contribution in [0.3, 0.4) is 0 Å². The van der Waals surface area contributed by atoms with Crippen LogP contribution in [0.15, 0.2) is 91.3 Å². The maximum absolute atomic E-state index is 13.3. The fourth-order valence-electron chi connectivity index (χ4n) is 3.27. The number of para-hydroxylation sites is 2. The third kappa shape index (κ3) is 3.76. The molecule has 32 heavy (non-hydrogen) atoms. The first kappa shape index (κ1) is 20.0. The van der Waals surface area contributed by atoms with E-state index in [9.17, 15) is 4.79 Å². The third-order valence-corrected chi connectivity index (χ3v) is 5.78. The molecular weight excluding hydrogens is 424 g/mol. The second-order valence-corrected chi connectivity index (χ2v) is 7.97. The molecule has 2 aromatic carbocycles. The summed E-state index contributed by atoms with van der Waals surface area (Å²) in [4.78, 5) is 27.1. The average molecular weight is 443 g/mol. The fraction of sp³-hybridized carbons (Fsp3) is 0.0833. The number of pyridine rings is 1. The molecule has 0 amide bonds. The Kier molecular flexibility index (Phi) is 5.20. The highest BCUT2D eigenvalue weighted by Gasteiger charge is 2.17. The Morgan fingerprint density at radius 2 is 1.88 bits per heavy atom. The minimum atomic E-state index is -0.213. The van der Waals surface area contributed by atoms with E-state index >= 15 is 0 Å². The van der Waals surface area contributed by atoms with Crippen LogP contribution >= 0.6 is 11.8 Å². The van der Waals surface area contributed by atoms with E-state index in [4.69, 9.17) is 14.1 Å². The maximum atomic E-state index is 13.3. The first-order valence-electron chi connectivity index (χ1n) is 9.86. The molecule has 0 saturated carbocycles. The lowest BCUT2D eigenvalue weighted by molar-refractivity contribution is 0.415. The predicted molar refractivity (Wildman–Crippen MR) is 125 cm³/mol. The summed E-state index contributed by atoms with van der Waals surface area (Å²) in [5, 5.41) is 0.892. The van der Waals surface area contributed by atoms with Crippen LogP contribution in [0.5, 0.6) is 5.75 Å². The molecule has 7 nitrogen and oxygen atoms in total. The van der Waals surface area contributed by atoms with Gasteiger partial charge in [0.15, 0.2) is 5.58 Å². The SMILES string of the molecule is COc1ccc(N=Cc2c(Sc3nc4ccccc4o3)nc3c(C)cccn3c2=O)cc1. The van der Waals surface area contributed by atoms with Gasteiger partial charge in [-0.2, -0.15) is 0 Å². The van der Waals surface area contributed by atoms with E-state index in [1.54, 1.807) is 13.3 Å². The molecule has 158 valence electrons. The molecule has 8 heteroatoms. The Balaban J connectivity index is 1.62. The molecule has 0 unspecified atom stereocenters. The van der Waals surface area contributed by atoms with E-state index in [2.05, 4.69) is 9.98 Å². The van der Waals surface area contributed by atoms with E-state index in [0.29, 0.717) is 32.7 Å². The summed E-state index contributed by atoms with van der Waals surface area (Å²) in [7, 11) is 1.61. The van der Waals surface area contributed by atoms with Crippen LogP contribution in [-0.2, 0) is 0 Å². The van der Waals surface area contributed by atoms with Crippen molar-refractivity contribution in [2.75, 3.05) is 7.11 Å². The molecule has 5 rings (SSSR count). The van der Waals surface area contributed by atoms with Crippen LogP contribution in [-0.4, -0.2) is 27.7 Å². The molecule has 0 aliphatic heterocycles. The number of benzene rings is 2. The summed E-state index contributed by atoms with van der Waals surface area (Å²) < 4.78 is 12.6. The second kappa shape index (κ2) is 8.32. The monoisotopic (exact) mass is 442 g/mol. The Bertz CT molecular complexity index is 1490. The number of aromatic nitrogens is 3. The fourth-order valence-corrected chi connectivity index (χ4v) is 4.09. The highest BCUT2D eigenvalue weighted by Crippen LogP contribution is 2.30. The van der Waals surface area contributed by atoms with Crippen LogP contribution in [0.4, 0.5) is 5.69 Å². The van der Waals surface area contributed by atoms with Crippen LogP contribution in [0, 0.1) is 6.92 Å². The van der Waals surface area contributed by atoms with Gasteiger partial charge in [0.25, 0.3) is 10.8 Å². The summed E-state index contributed by atoms with van der Waals surface area (Å²) in [6.45, 7) is 1.92. The van der Waals surface area contributed by atoms with E-state index in [1.165, 1.54) is 22.4 Å². The molecule has 0 N–H and O–H groups in total. The molecule has 0 aliphatic rings. The summed E-state index contributed by atoms with van der Waals surface area (Å²) in [6, 6.07) is 18.5. The van der Waals surface area contributed by atoms with Crippen molar-refractivity contribution in [2.24, 2.45) is 4.99 Å². The van der Waals surface area contributed by atoms with Crippen molar-refractivity contribution in [1.29, 1.82) is 0 Å². The Hall–Kier alpha value is -3.91. The Labute approximate surface area is 187 Å². The van der Waals surface area contributed by atoms with Crippen molar-refractivity contribution in [3.8, 4) is 5.75 Å². The van der Waals surface area contributed by atoms with Gasteiger partial charge in [0.1, 0.15) is 21.9 Å². The molecule has 5 aromatic rings. The molecule has 0 aliphatic carbocycles. The Morgan fingerprint density at radius 1 is 1.06 bits per heavy atom. The molecule has 0 bridgehead atoms. The number of ether oxygens (including phenoxy) is 1. The zero-order valence-corrected chi connectivity index (χ0v) is 18.2. The van der Waals surface area contributed by atoms with Gasteiger partial charge in [-0.25, -0.2) is 9.97 Å². The molecule has 3 aromatic heterocycles. The van der Waals surface area contributed by atoms with Crippen LogP contribution in [0.2, 0.25) is 0 Å². The van der Waals surface area contributed by atoms with Crippen molar-refractivity contribution >= 4 is 40.4 Å². The van der Waals surface area contributed by atoms with Crippen LogP contribution < -0.4 is 10.3 Å². The summed E-state index contributed by atoms with van der Waals surface area (Å²) in [5.41, 5.74) is 3.73. The number of nitrogens with zero attached hydrogens (tertiary/aromatic N) is 4. The highest BCUT2D eigenvalue weighted by molar-refractivity contribution is 7.99. The van der Waals surface area contributed by atoms with E-state index in [-0.39, 0.29) is 5.56 Å². The van der Waals surface area contributed by atoms with Crippen molar-refractivity contribution in [2.45, 2.75) is 17.2 Å². The third-order valence-electron chi connectivity index (χ3n) is 4.92. The van der Waals surface area contributed by atoms with Crippen molar-refractivity contribution in [3.63, 3.8) is 0 Å². The molecule has 3 heterocycles. The molecule has 0 saturated heterocycles. The minimum Gasteiger partial charge on any atom is -0.497 e. The van der Waals surface area contributed by atoms with Crippen molar-refractivity contribution in [1.82, 2.24) is 14.4 Å². The van der Waals surface area contributed by atoms with Gasteiger partial charge in [0.05, 0.1) is 18.4 Å². The van der Waals surface area contributed by atoms with Gasteiger partial charge in [0.2, 0.25) is 0 Å². The number of methoxy groups -OCH3 is 1. The first-order valence-corrected chi connectivity index (χ1v) is 10.7. The minimum absolute atomic E-state index is 0.213. The molecule has 0 atom stereocenters. The van der Waals surface area contributed by atoms with Crippen LogP contribution in [0.25, 0.3) is 16.7 Å². The van der Waals surface area contributed by atoms with Gasteiger partial charge in [0, 0.05) is 12.4 Å². The number of hydrogen-bond acceptors (Lipinski definition) is 7. The normalized spacial score (nSPS) is 11.6. The lowest BCUT2D eigenvalue weighted by atomic mass is 10.2. The lowest BCUT2D eigenvalue weighted by Gasteiger charge is -2.08. The number of aryl methyl sites for hydroxylation is 1. The lowest BCUT2D eigenvalue weighted by Crippen LogP contribution is -2.21. The average Bonchev–Trinajstić information content (AvgIpc) is 3.22. The molecule has 0 fully saturated rings. The van der Waals surface area contributed by atoms with Gasteiger partial charge >= 0.3 is 0 Å². The predicted octanol–water partition coefficient (Wildman–Crippen LogP) is 5.05. The number of rotatable bonds is 5. The first-order chi connectivity index (χ1) is 15.6. The molecule has 0 radical (unpaired) electrons. The van der Waals surface area contributed by atoms with Crippen LogP contribution in [0.1, 0.15) is 11.1 Å². The topological polar surface area (TPSA) is 82.0 Å². The zero-order valence-electron chi connectivity index (χ0n) is 17.4. The summed E-state index contributed by atoms with van der Waals surface area (Å²) >= 11 is 1.21. The zero-order chi connectivity index (χ0) is 22.1. The largest absolute Gasteiger partial charge is 0.497 e. The number of fused-ring (bicyclic) bond motifs is 2. The van der Waals surface area contributed by atoms with E-state index in [1.807, 2.05) is 67.6 Å². The van der Waals surface area contributed by atoms with Crippen molar-refractivity contribution in [3.05, 3.63) is 88.3 Å². The molecular formula is C24H18N4O3S. The summed E-state index contributed by atoms with van der Waals surface area (Å²) in [6.07, 6.45) is 3.24. The smallest absolute Gasteiger partial charge is 0.267 e. The molecule has 0 spiro atoms. The number of aliphatic imine (C=N–C) groups is 1. The summed E-state index contributed by atoms with van der Waals surface area (Å²) in [5.74, 6) is 0.735. The van der Waals surface area contributed by atoms with Gasteiger partial charge in [-0.1, -0.05) is 18.2 Å². The van der Waals surface area contributed by atoms with Gasteiger partial charge < -0.3 is 9.15 Å². The number of oxazole rings is 1.